The van der Waals surface area contributed by atoms with Gasteiger partial charge in [-0.1, -0.05) is 30.3 Å². The van der Waals surface area contributed by atoms with Crippen LogP contribution in [0.4, 0.5) is 0 Å². The molecule has 3 heteroatoms. The predicted molar refractivity (Wildman–Crippen MR) is 91.4 cm³/mol. The van der Waals surface area contributed by atoms with E-state index in [9.17, 15) is 0 Å². The predicted octanol–water partition coefficient (Wildman–Crippen LogP) is 3.59. The first-order valence-corrected chi connectivity index (χ1v) is 7.62. The number of aromatic nitrogens is 1. The molecule has 0 amide bonds. The van der Waals surface area contributed by atoms with Gasteiger partial charge in [0, 0.05) is 29.7 Å². The Labute approximate surface area is 131 Å². The molecule has 22 heavy (non-hydrogen) atoms. The number of fused-ring (bicyclic) bond motifs is 1. The molecule has 0 fully saturated rings. The summed E-state index contributed by atoms with van der Waals surface area (Å²) in [6.07, 6.45) is 3.12. The van der Waals surface area contributed by atoms with Crippen LogP contribution >= 0.6 is 0 Å². The molecular formula is C19H22N2O. The number of rotatable bonds is 5. The number of ether oxygens (including phenoxy) is 1. The summed E-state index contributed by atoms with van der Waals surface area (Å²) >= 11 is 0. The maximum atomic E-state index is 5.99. The molecule has 0 saturated carbocycles. The summed E-state index contributed by atoms with van der Waals surface area (Å²) < 4.78 is 7.61. The molecule has 0 aliphatic rings. The molecule has 0 aliphatic carbocycles. The van der Waals surface area contributed by atoms with Gasteiger partial charge in [-0.25, -0.2) is 0 Å². The van der Waals surface area contributed by atoms with Gasteiger partial charge in [0.2, 0.25) is 0 Å². The van der Waals surface area contributed by atoms with Gasteiger partial charge in [0.25, 0.3) is 0 Å². The number of methoxy groups -OCH3 is 1. The molecule has 0 saturated heterocycles. The molecule has 2 N–H and O–H groups in total. The van der Waals surface area contributed by atoms with Crippen molar-refractivity contribution in [2.24, 2.45) is 5.73 Å². The van der Waals surface area contributed by atoms with Crippen LogP contribution in [0.2, 0.25) is 0 Å². The Balaban J connectivity index is 1.99. The Morgan fingerprint density at radius 2 is 1.95 bits per heavy atom. The number of hydrogen-bond donors (Lipinski definition) is 1. The molecule has 1 aromatic heterocycles. The number of benzene rings is 2. The Morgan fingerprint density at radius 1 is 1.14 bits per heavy atom. The average molecular weight is 294 g/mol. The van der Waals surface area contributed by atoms with Crippen LogP contribution in [0, 0.1) is 0 Å². The minimum Gasteiger partial charge on any atom is -0.497 e. The number of hydrogen-bond acceptors (Lipinski definition) is 2. The van der Waals surface area contributed by atoms with E-state index in [0.29, 0.717) is 0 Å². The van der Waals surface area contributed by atoms with Crippen molar-refractivity contribution < 1.29 is 4.74 Å². The van der Waals surface area contributed by atoms with Crippen LogP contribution in [0.25, 0.3) is 10.9 Å². The van der Waals surface area contributed by atoms with Crippen molar-refractivity contribution in [2.45, 2.75) is 25.9 Å². The van der Waals surface area contributed by atoms with E-state index in [1.807, 2.05) is 19.1 Å². The van der Waals surface area contributed by atoms with Gasteiger partial charge in [-0.05, 0) is 42.7 Å². The first-order valence-electron chi connectivity index (χ1n) is 7.62. The van der Waals surface area contributed by atoms with E-state index in [2.05, 4.69) is 47.2 Å². The summed E-state index contributed by atoms with van der Waals surface area (Å²) in [5, 5.41) is 1.29. The van der Waals surface area contributed by atoms with Crippen molar-refractivity contribution in [3.63, 3.8) is 0 Å². The van der Waals surface area contributed by atoms with Crippen molar-refractivity contribution in [2.75, 3.05) is 7.11 Å². The summed E-state index contributed by atoms with van der Waals surface area (Å²) in [7, 11) is 1.70. The lowest BCUT2D eigenvalue weighted by molar-refractivity contribution is 0.414. The lowest BCUT2D eigenvalue weighted by Crippen LogP contribution is -2.17. The fourth-order valence-electron chi connectivity index (χ4n) is 2.93. The van der Waals surface area contributed by atoms with Gasteiger partial charge in [0.1, 0.15) is 5.75 Å². The van der Waals surface area contributed by atoms with E-state index in [4.69, 9.17) is 10.5 Å². The highest BCUT2D eigenvalue weighted by Crippen LogP contribution is 2.24. The molecule has 3 rings (SSSR count). The molecule has 0 aliphatic heterocycles. The third kappa shape index (κ3) is 3.00. The van der Waals surface area contributed by atoms with Crippen molar-refractivity contribution >= 4 is 10.9 Å². The lowest BCUT2D eigenvalue weighted by Gasteiger charge is -2.07. The van der Waals surface area contributed by atoms with Crippen LogP contribution in [-0.2, 0) is 13.0 Å². The van der Waals surface area contributed by atoms with Gasteiger partial charge in [0.15, 0.2) is 0 Å². The summed E-state index contributed by atoms with van der Waals surface area (Å²) in [5.41, 5.74) is 9.78. The van der Waals surface area contributed by atoms with E-state index in [-0.39, 0.29) is 6.04 Å². The van der Waals surface area contributed by atoms with Crippen LogP contribution < -0.4 is 10.5 Å². The topological polar surface area (TPSA) is 40.2 Å². The molecule has 1 unspecified atom stereocenters. The van der Waals surface area contributed by atoms with Crippen LogP contribution in [0.1, 0.15) is 18.1 Å². The molecule has 3 nitrogen and oxygen atoms in total. The van der Waals surface area contributed by atoms with E-state index >= 15 is 0 Å². The Morgan fingerprint density at radius 3 is 2.73 bits per heavy atom. The standard InChI is InChI=1S/C19H22N2O/c1-14(20)10-16-13-21(19-9-4-3-8-18(16)19)12-15-6-5-7-17(11-15)22-2/h3-9,11,13-14H,10,12,20H2,1-2H3. The fraction of sp³-hybridized carbons (Fsp3) is 0.263. The fourth-order valence-corrected chi connectivity index (χ4v) is 2.93. The zero-order chi connectivity index (χ0) is 15.5. The highest BCUT2D eigenvalue weighted by molar-refractivity contribution is 5.84. The molecule has 2 aromatic carbocycles. The SMILES string of the molecule is COc1cccc(Cn2cc(CC(C)N)c3ccccc32)c1. The monoisotopic (exact) mass is 294 g/mol. The second kappa shape index (κ2) is 6.24. The summed E-state index contributed by atoms with van der Waals surface area (Å²) in [6.45, 7) is 2.88. The van der Waals surface area contributed by atoms with Crippen LogP contribution in [0.3, 0.4) is 0 Å². The van der Waals surface area contributed by atoms with Gasteiger partial charge in [-0.2, -0.15) is 0 Å². The van der Waals surface area contributed by atoms with Crippen LogP contribution in [-0.4, -0.2) is 17.7 Å². The van der Waals surface area contributed by atoms with E-state index in [1.165, 1.54) is 22.0 Å². The molecule has 114 valence electrons. The minimum absolute atomic E-state index is 0.163. The maximum Gasteiger partial charge on any atom is 0.119 e. The van der Waals surface area contributed by atoms with Crippen molar-refractivity contribution in [1.29, 1.82) is 0 Å². The lowest BCUT2D eigenvalue weighted by atomic mass is 10.1. The van der Waals surface area contributed by atoms with Crippen LogP contribution in [0.5, 0.6) is 5.75 Å². The molecular weight excluding hydrogens is 272 g/mol. The zero-order valence-electron chi connectivity index (χ0n) is 13.1. The second-order valence-corrected chi connectivity index (χ2v) is 5.83. The largest absolute Gasteiger partial charge is 0.497 e. The van der Waals surface area contributed by atoms with Crippen molar-refractivity contribution in [3.8, 4) is 5.75 Å². The van der Waals surface area contributed by atoms with Gasteiger partial charge >= 0.3 is 0 Å². The van der Waals surface area contributed by atoms with Crippen molar-refractivity contribution in [3.05, 3.63) is 65.9 Å². The van der Waals surface area contributed by atoms with Gasteiger partial charge in [-0.15, -0.1) is 0 Å². The Hall–Kier alpha value is -2.26. The van der Waals surface area contributed by atoms with Crippen molar-refractivity contribution in [1.82, 2.24) is 4.57 Å². The van der Waals surface area contributed by atoms with Gasteiger partial charge in [0.05, 0.1) is 7.11 Å². The highest BCUT2D eigenvalue weighted by Gasteiger charge is 2.10. The maximum absolute atomic E-state index is 5.99. The molecule has 0 radical (unpaired) electrons. The molecule has 0 spiro atoms. The smallest absolute Gasteiger partial charge is 0.119 e. The quantitative estimate of drug-likeness (QED) is 0.781. The minimum atomic E-state index is 0.163. The number of para-hydroxylation sites is 1. The third-order valence-corrected chi connectivity index (χ3v) is 3.90. The molecule has 3 aromatic rings. The second-order valence-electron chi connectivity index (χ2n) is 5.83. The van der Waals surface area contributed by atoms with Gasteiger partial charge < -0.3 is 15.0 Å². The molecule has 1 atom stereocenters. The van der Waals surface area contributed by atoms with Gasteiger partial charge in [-0.3, -0.25) is 0 Å². The van der Waals surface area contributed by atoms with E-state index in [1.54, 1.807) is 7.11 Å². The van der Waals surface area contributed by atoms with E-state index in [0.717, 1.165) is 18.7 Å². The van der Waals surface area contributed by atoms with E-state index < -0.39 is 0 Å². The zero-order valence-corrected chi connectivity index (χ0v) is 13.1. The summed E-state index contributed by atoms with van der Waals surface area (Å²) in [6, 6.07) is 16.9. The average Bonchev–Trinajstić information content (AvgIpc) is 2.85. The first-order chi connectivity index (χ1) is 10.7. The summed E-state index contributed by atoms with van der Waals surface area (Å²) in [4.78, 5) is 0. The Kier molecular flexibility index (Phi) is 4.16. The first kappa shape index (κ1) is 14.7. The number of nitrogens with zero attached hydrogens (tertiary/aromatic N) is 1. The molecule has 1 heterocycles. The Bertz CT molecular complexity index is 774. The normalized spacial score (nSPS) is 12.5. The molecule has 0 bridgehead atoms. The third-order valence-electron chi connectivity index (χ3n) is 3.90. The van der Waals surface area contributed by atoms with Crippen LogP contribution in [0.15, 0.2) is 54.7 Å². The summed E-state index contributed by atoms with van der Waals surface area (Å²) in [5.74, 6) is 0.893. The number of nitrogens with two attached hydrogens (primary N) is 1. The highest BCUT2D eigenvalue weighted by atomic mass is 16.5.